The molecule has 0 fully saturated rings. The lowest BCUT2D eigenvalue weighted by Crippen LogP contribution is -2.24. The lowest BCUT2D eigenvalue weighted by Gasteiger charge is -2.08. The minimum Gasteiger partial charge on any atom is -0.421 e. The number of para-hydroxylation sites is 1. The highest BCUT2D eigenvalue weighted by atomic mass is 19.4. The molecule has 0 aliphatic rings. The van der Waals surface area contributed by atoms with Gasteiger partial charge in [-0.05, 0) is 12.1 Å². The minimum absolute atomic E-state index is 0.250. The molecule has 0 unspecified atom stereocenters. The van der Waals surface area contributed by atoms with Crippen molar-refractivity contribution in [3.8, 4) is 0 Å². The first-order chi connectivity index (χ1) is 7.46. The van der Waals surface area contributed by atoms with E-state index in [2.05, 4.69) is 0 Å². The molecule has 0 aliphatic carbocycles. The Balaban J connectivity index is 2.55. The molecule has 16 heavy (non-hydrogen) atoms. The molecular formula is C10H6F3NO2. The maximum atomic E-state index is 12.0. The van der Waals surface area contributed by atoms with Crippen LogP contribution in [0, 0.1) is 0 Å². The molecule has 84 valence electrons. The predicted molar refractivity (Wildman–Crippen MR) is 52.2 cm³/mol. The number of hydrogen-bond acceptors (Lipinski definition) is 3. The molecule has 6 heteroatoms. The van der Waals surface area contributed by atoms with Crippen LogP contribution in [0.25, 0.3) is 11.0 Å². The van der Waals surface area contributed by atoms with E-state index in [1.807, 2.05) is 0 Å². The fraction of sp³-hybridized carbons (Fsp3) is 0.100. The normalized spacial score (nSPS) is 11.7. The van der Waals surface area contributed by atoms with Crippen molar-refractivity contribution in [2.24, 2.45) is 0 Å². The van der Waals surface area contributed by atoms with E-state index in [9.17, 15) is 18.0 Å². The molecule has 0 aliphatic heterocycles. The zero-order valence-electron chi connectivity index (χ0n) is 7.84. The quantitative estimate of drug-likeness (QED) is 0.603. The molecule has 2 rings (SSSR count). The summed E-state index contributed by atoms with van der Waals surface area (Å²) in [5, 5.41) is 1.56. The highest BCUT2D eigenvalue weighted by molar-refractivity contribution is 5.79. The van der Waals surface area contributed by atoms with E-state index < -0.39 is 17.6 Å². The Morgan fingerprint density at radius 1 is 1.19 bits per heavy atom. The van der Waals surface area contributed by atoms with Crippen LogP contribution in [0.1, 0.15) is 0 Å². The van der Waals surface area contributed by atoms with E-state index in [1.165, 1.54) is 6.07 Å². The summed E-state index contributed by atoms with van der Waals surface area (Å²) in [5.74, 6) is 0. The van der Waals surface area contributed by atoms with E-state index in [-0.39, 0.29) is 5.58 Å². The van der Waals surface area contributed by atoms with E-state index in [4.69, 9.17) is 4.42 Å². The van der Waals surface area contributed by atoms with Gasteiger partial charge in [0.25, 0.3) is 0 Å². The second-order valence-corrected chi connectivity index (χ2v) is 3.11. The third-order valence-corrected chi connectivity index (χ3v) is 1.92. The highest BCUT2D eigenvalue weighted by Gasteiger charge is 2.28. The lowest BCUT2D eigenvalue weighted by molar-refractivity contribution is -0.100. The smallest absolute Gasteiger partial charge is 0.421 e. The average Bonchev–Trinajstić information content (AvgIpc) is 2.17. The molecule has 0 saturated carbocycles. The second kappa shape index (κ2) is 3.55. The Morgan fingerprint density at radius 3 is 2.56 bits per heavy atom. The zero-order valence-corrected chi connectivity index (χ0v) is 7.84. The maximum absolute atomic E-state index is 12.0. The largest absolute Gasteiger partial charge is 0.482 e. The van der Waals surface area contributed by atoms with Crippen LogP contribution in [0.4, 0.5) is 18.9 Å². The Hall–Kier alpha value is -1.98. The number of anilines is 1. The van der Waals surface area contributed by atoms with Crippen molar-refractivity contribution in [3.63, 3.8) is 0 Å². The second-order valence-electron chi connectivity index (χ2n) is 3.11. The van der Waals surface area contributed by atoms with Crippen molar-refractivity contribution in [1.82, 2.24) is 0 Å². The van der Waals surface area contributed by atoms with Gasteiger partial charge >= 0.3 is 11.9 Å². The van der Waals surface area contributed by atoms with E-state index in [1.54, 1.807) is 18.2 Å². The van der Waals surface area contributed by atoms with E-state index >= 15 is 0 Å². The molecule has 2 aromatic rings. The maximum Gasteiger partial charge on any atom is 0.482 e. The Morgan fingerprint density at radius 2 is 1.88 bits per heavy atom. The Labute approximate surface area is 87.5 Å². The van der Waals surface area contributed by atoms with Crippen LogP contribution in [0.3, 0.4) is 0 Å². The molecule has 0 bridgehead atoms. The van der Waals surface area contributed by atoms with E-state index in [0.717, 1.165) is 11.4 Å². The van der Waals surface area contributed by atoms with Gasteiger partial charge in [0.1, 0.15) is 11.3 Å². The summed E-state index contributed by atoms with van der Waals surface area (Å²) in [5.41, 5.74) is -1.41. The fourth-order valence-corrected chi connectivity index (χ4v) is 1.30. The first-order valence-corrected chi connectivity index (χ1v) is 4.33. The van der Waals surface area contributed by atoms with Gasteiger partial charge in [0.15, 0.2) is 0 Å². The van der Waals surface area contributed by atoms with Gasteiger partial charge in [0.2, 0.25) is 0 Å². The van der Waals surface area contributed by atoms with Gasteiger partial charge in [0, 0.05) is 5.39 Å². The van der Waals surface area contributed by atoms with E-state index in [0.29, 0.717) is 5.39 Å². The van der Waals surface area contributed by atoms with Gasteiger partial charge in [-0.1, -0.05) is 18.2 Å². The summed E-state index contributed by atoms with van der Waals surface area (Å²) in [7, 11) is 0. The van der Waals surface area contributed by atoms with Crippen molar-refractivity contribution in [2.45, 2.75) is 6.30 Å². The van der Waals surface area contributed by atoms with Crippen LogP contribution in [-0.2, 0) is 0 Å². The molecule has 1 aromatic heterocycles. The molecule has 0 atom stereocenters. The summed E-state index contributed by atoms with van der Waals surface area (Å²) in [6.45, 7) is 0. The number of hydrogen-bond donors (Lipinski definition) is 1. The van der Waals surface area contributed by atoms with Crippen molar-refractivity contribution in [1.29, 1.82) is 0 Å². The number of alkyl halides is 3. The molecule has 1 aromatic carbocycles. The topological polar surface area (TPSA) is 42.2 Å². The molecule has 0 saturated heterocycles. The number of fused-ring (bicyclic) bond motifs is 1. The Bertz CT molecular complexity index is 574. The van der Waals surface area contributed by atoms with Gasteiger partial charge in [-0.2, -0.15) is 13.2 Å². The highest BCUT2D eigenvalue weighted by Crippen LogP contribution is 2.20. The van der Waals surface area contributed by atoms with Crippen LogP contribution in [0.5, 0.6) is 0 Å². The van der Waals surface area contributed by atoms with Crippen molar-refractivity contribution in [2.75, 3.05) is 5.32 Å². The van der Waals surface area contributed by atoms with Crippen molar-refractivity contribution < 1.29 is 17.6 Å². The molecule has 0 amide bonds. The Kier molecular flexibility index (Phi) is 2.34. The molecular weight excluding hydrogens is 223 g/mol. The van der Waals surface area contributed by atoms with Gasteiger partial charge in [0.05, 0.1) is 0 Å². The molecule has 0 radical (unpaired) electrons. The van der Waals surface area contributed by atoms with Gasteiger partial charge in [-0.25, -0.2) is 4.79 Å². The van der Waals surface area contributed by atoms with Crippen LogP contribution in [0.15, 0.2) is 39.5 Å². The molecule has 1 N–H and O–H groups in total. The number of benzene rings is 1. The van der Waals surface area contributed by atoms with Gasteiger partial charge in [-0.3, -0.25) is 5.32 Å². The summed E-state index contributed by atoms with van der Waals surface area (Å²) in [4.78, 5) is 11.2. The first kappa shape index (κ1) is 10.5. The van der Waals surface area contributed by atoms with Crippen molar-refractivity contribution >= 4 is 16.7 Å². The average molecular weight is 229 g/mol. The van der Waals surface area contributed by atoms with Crippen LogP contribution >= 0.6 is 0 Å². The van der Waals surface area contributed by atoms with Crippen LogP contribution in [0.2, 0.25) is 0 Å². The third kappa shape index (κ3) is 2.16. The minimum atomic E-state index is -4.66. The predicted octanol–water partition coefficient (Wildman–Crippen LogP) is 2.72. The number of halogens is 3. The summed E-state index contributed by atoms with van der Waals surface area (Å²) < 4.78 is 40.8. The SMILES string of the molecule is O=c1oc2ccccc2cc1NC(F)(F)F. The first-order valence-electron chi connectivity index (χ1n) is 4.33. The number of nitrogens with one attached hydrogen (secondary N) is 1. The molecule has 1 heterocycles. The monoisotopic (exact) mass is 229 g/mol. The van der Waals surface area contributed by atoms with Gasteiger partial charge < -0.3 is 4.42 Å². The standard InChI is InChI=1S/C10H6F3NO2/c11-10(12,13)14-7-5-6-3-1-2-4-8(6)16-9(7)15/h1-5,14H. The lowest BCUT2D eigenvalue weighted by atomic mass is 10.2. The molecule has 3 nitrogen and oxygen atoms in total. The summed E-state index contributed by atoms with van der Waals surface area (Å²) in [6.07, 6.45) is -4.66. The molecule has 0 spiro atoms. The number of rotatable bonds is 1. The van der Waals surface area contributed by atoms with Crippen LogP contribution in [-0.4, -0.2) is 6.30 Å². The zero-order chi connectivity index (χ0) is 11.8. The third-order valence-electron chi connectivity index (χ3n) is 1.92. The summed E-state index contributed by atoms with van der Waals surface area (Å²) >= 11 is 0. The summed E-state index contributed by atoms with van der Waals surface area (Å²) in [6, 6.07) is 7.43. The van der Waals surface area contributed by atoms with Gasteiger partial charge in [-0.15, -0.1) is 0 Å². The fourth-order valence-electron chi connectivity index (χ4n) is 1.30. The van der Waals surface area contributed by atoms with Crippen LogP contribution < -0.4 is 10.9 Å². The van der Waals surface area contributed by atoms with Crippen molar-refractivity contribution in [3.05, 3.63) is 40.8 Å².